The molecule has 1 aromatic carbocycles. The van der Waals surface area contributed by atoms with Gasteiger partial charge in [-0.15, -0.1) is 11.3 Å². The van der Waals surface area contributed by atoms with Crippen molar-refractivity contribution in [3.05, 3.63) is 34.5 Å². The highest BCUT2D eigenvalue weighted by Gasteiger charge is 2.34. The van der Waals surface area contributed by atoms with Crippen LogP contribution in [-0.4, -0.2) is 44.0 Å². The zero-order valence-electron chi connectivity index (χ0n) is 15.2. The van der Waals surface area contributed by atoms with Crippen LogP contribution in [0.2, 0.25) is 5.02 Å². The summed E-state index contributed by atoms with van der Waals surface area (Å²) in [4.78, 5) is 5.91. The van der Waals surface area contributed by atoms with Crippen molar-refractivity contribution in [2.45, 2.75) is 36.6 Å². The zero-order valence-corrected chi connectivity index (χ0v) is 17.6. The Labute approximate surface area is 173 Å². The first kappa shape index (κ1) is 19.9. The van der Waals surface area contributed by atoms with Gasteiger partial charge in [0.25, 0.3) is 10.0 Å². The molecule has 0 saturated carbocycles. The molecule has 4 rings (SSSR count). The molecule has 0 amide bonds. The van der Waals surface area contributed by atoms with Gasteiger partial charge in [0.15, 0.2) is 5.13 Å². The molecule has 28 heavy (non-hydrogen) atoms. The van der Waals surface area contributed by atoms with Gasteiger partial charge in [-0.25, -0.2) is 17.8 Å². The number of hydrogen-bond acceptors (Lipinski definition) is 6. The summed E-state index contributed by atoms with van der Waals surface area (Å²) in [6.07, 6.45) is 6.21. The molecule has 2 atom stereocenters. The number of fused-ring (bicyclic) bond motifs is 1. The molecule has 0 radical (unpaired) electrons. The largest absolute Gasteiger partial charge is 0.383 e. The smallest absolute Gasteiger partial charge is 0.266 e. The van der Waals surface area contributed by atoms with E-state index in [0.717, 1.165) is 43.0 Å². The van der Waals surface area contributed by atoms with E-state index in [9.17, 15) is 12.8 Å². The van der Waals surface area contributed by atoms with Crippen LogP contribution in [0.25, 0.3) is 0 Å². The van der Waals surface area contributed by atoms with Crippen molar-refractivity contribution in [1.29, 1.82) is 0 Å². The number of piperidine rings is 1. The van der Waals surface area contributed by atoms with Gasteiger partial charge >= 0.3 is 0 Å². The highest BCUT2D eigenvalue weighted by Crippen LogP contribution is 2.33. The van der Waals surface area contributed by atoms with Gasteiger partial charge in [-0.05, 0) is 56.8 Å². The molecule has 0 bridgehead atoms. The highest BCUT2D eigenvalue weighted by atomic mass is 35.5. The Balaban J connectivity index is 1.48. The lowest BCUT2D eigenvalue weighted by atomic mass is 9.89. The summed E-state index contributed by atoms with van der Waals surface area (Å²) >= 11 is 7.39. The maximum absolute atomic E-state index is 14.6. The topological polar surface area (TPSA) is 74.3 Å². The van der Waals surface area contributed by atoms with Crippen LogP contribution in [-0.2, 0) is 10.0 Å². The molecule has 2 aliphatic heterocycles. The molecule has 0 spiro atoms. The lowest BCUT2D eigenvalue weighted by Crippen LogP contribution is -2.43. The summed E-state index contributed by atoms with van der Waals surface area (Å²) in [5.41, 5.74) is 0.419. The molecular formula is C18H22ClFN4O2S2. The predicted octanol–water partition coefficient (Wildman–Crippen LogP) is 4.02. The van der Waals surface area contributed by atoms with Crippen molar-refractivity contribution in [2.24, 2.45) is 5.92 Å². The summed E-state index contributed by atoms with van der Waals surface area (Å²) in [6.45, 7) is 3.02. The summed E-state index contributed by atoms with van der Waals surface area (Å²) in [5, 5.41) is 5.22. The second kappa shape index (κ2) is 8.14. The number of nitrogens with one attached hydrogen (secondary N) is 2. The van der Waals surface area contributed by atoms with Crippen LogP contribution < -0.4 is 10.0 Å². The lowest BCUT2D eigenvalue weighted by Gasteiger charge is -2.37. The number of halogens is 2. The van der Waals surface area contributed by atoms with E-state index in [1.807, 2.05) is 0 Å². The van der Waals surface area contributed by atoms with E-state index in [4.69, 9.17) is 11.6 Å². The van der Waals surface area contributed by atoms with E-state index in [2.05, 4.69) is 19.9 Å². The first-order valence-electron chi connectivity index (χ1n) is 9.33. The molecule has 2 saturated heterocycles. The minimum Gasteiger partial charge on any atom is -0.383 e. The van der Waals surface area contributed by atoms with Gasteiger partial charge < -0.3 is 10.2 Å². The molecule has 2 fully saturated rings. The standard InChI is InChI=1S/C18H22ClFN4O2S2/c19-13-9-17(28(25,26)23-18-21-5-8-27-18)14(20)10-15(13)22-11-12-3-1-6-24-7-2-4-16(12)24/h5,8-10,12,16,22H,1-4,6-7,11H2,(H,21,23)/t12-,16?/m0/s1. The number of rotatable bonds is 6. The summed E-state index contributed by atoms with van der Waals surface area (Å²) < 4.78 is 41.7. The van der Waals surface area contributed by atoms with Gasteiger partial charge in [-0.3, -0.25) is 4.72 Å². The minimum absolute atomic E-state index is 0.177. The van der Waals surface area contributed by atoms with Crippen LogP contribution in [0.1, 0.15) is 25.7 Å². The fraction of sp³-hybridized carbons (Fsp3) is 0.500. The number of benzene rings is 1. The summed E-state index contributed by atoms with van der Waals surface area (Å²) in [7, 11) is -4.10. The van der Waals surface area contributed by atoms with Crippen molar-refractivity contribution in [3.8, 4) is 0 Å². The zero-order chi connectivity index (χ0) is 19.7. The van der Waals surface area contributed by atoms with Crippen LogP contribution >= 0.6 is 22.9 Å². The van der Waals surface area contributed by atoms with Gasteiger partial charge in [0.05, 0.1) is 10.7 Å². The van der Waals surface area contributed by atoms with Gasteiger partial charge in [0, 0.05) is 24.2 Å². The highest BCUT2D eigenvalue weighted by molar-refractivity contribution is 7.93. The Kier molecular flexibility index (Phi) is 5.78. The maximum Gasteiger partial charge on any atom is 0.266 e. The monoisotopic (exact) mass is 444 g/mol. The fourth-order valence-electron chi connectivity index (χ4n) is 4.21. The van der Waals surface area contributed by atoms with Gasteiger partial charge in [-0.1, -0.05) is 11.6 Å². The van der Waals surface area contributed by atoms with E-state index < -0.39 is 20.7 Å². The van der Waals surface area contributed by atoms with E-state index >= 15 is 0 Å². The molecule has 10 heteroatoms. The van der Waals surface area contributed by atoms with E-state index in [1.54, 1.807) is 5.38 Å². The van der Waals surface area contributed by atoms with E-state index in [0.29, 0.717) is 24.2 Å². The summed E-state index contributed by atoms with van der Waals surface area (Å²) in [5.74, 6) is -0.354. The molecular weight excluding hydrogens is 423 g/mol. The van der Waals surface area contributed by atoms with Crippen molar-refractivity contribution < 1.29 is 12.8 Å². The Morgan fingerprint density at radius 3 is 2.82 bits per heavy atom. The van der Waals surface area contributed by atoms with Crippen molar-refractivity contribution in [1.82, 2.24) is 9.88 Å². The average Bonchev–Trinajstić information content (AvgIpc) is 3.33. The first-order valence-corrected chi connectivity index (χ1v) is 12.1. The molecule has 2 aromatic rings. The first-order chi connectivity index (χ1) is 13.4. The molecule has 2 N–H and O–H groups in total. The second-order valence-electron chi connectivity index (χ2n) is 7.23. The SMILES string of the molecule is O=S(=O)(Nc1nccs1)c1cc(Cl)c(NC[C@@H]2CCCN3CCCC23)cc1F. The Morgan fingerprint density at radius 1 is 1.29 bits per heavy atom. The lowest BCUT2D eigenvalue weighted by molar-refractivity contribution is 0.140. The maximum atomic E-state index is 14.6. The third-order valence-corrected chi connectivity index (χ3v) is 7.98. The average molecular weight is 445 g/mol. The molecule has 3 heterocycles. The van der Waals surface area contributed by atoms with Gasteiger partial charge in [0.1, 0.15) is 10.7 Å². The number of hydrogen-bond donors (Lipinski definition) is 2. The third kappa shape index (κ3) is 4.12. The van der Waals surface area contributed by atoms with Crippen LogP contribution in [0, 0.1) is 11.7 Å². The van der Waals surface area contributed by atoms with Crippen molar-refractivity contribution in [2.75, 3.05) is 29.7 Å². The van der Waals surface area contributed by atoms with Crippen LogP contribution in [0.5, 0.6) is 0 Å². The number of sulfonamides is 1. The van der Waals surface area contributed by atoms with E-state index in [-0.39, 0.29) is 10.2 Å². The Hall–Kier alpha value is -1.42. The predicted molar refractivity (Wildman–Crippen MR) is 110 cm³/mol. The Bertz CT molecular complexity index is 939. The molecule has 0 aliphatic carbocycles. The second-order valence-corrected chi connectivity index (χ2v) is 10.2. The number of nitrogens with zero attached hydrogens (tertiary/aromatic N) is 2. The number of aromatic nitrogens is 1. The normalized spacial score (nSPS) is 22.8. The van der Waals surface area contributed by atoms with Crippen LogP contribution in [0.4, 0.5) is 15.2 Å². The van der Waals surface area contributed by atoms with Crippen LogP contribution in [0.15, 0.2) is 28.6 Å². The van der Waals surface area contributed by atoms with Crippen molar-refractivity contribution >= 4 is 43.8 Å². The third-order valence-electron chi connectivity index (χ3n) is 5.50. The van der Waals surface area contributed by atoms with Gasteiger partial charge in [-0.2, -0.15) is 0 Å². The fourth-order valence-corrected chi connectivity index (χ4v) is 6.38. The molecule has 1 unspecified atom stereocenters. The van der Waals surface area contributed by atoms with Gasteiger partial charge in [0.2, 0.25) is 0 Å². The Morgan fingerprint density at radius 2 is 2.07 bits per heavy atom. The number of thiazole rings is 1. The minimum atomic E-state index is -4.10. The van der Waals surface area contributed by atoms with E-state index in [1.165, 1.54) is 25.5 Å². The number of anilines is 2. The molecule has 152 valence electrons. The molecule has 1 aromatic heterocycles. The summed E-state index contributed by atoms with van der Waals surface area (Å²) in [6, 6.07) is 2.89. The van der Waals surface area contributed by atoms with Crippen molar-refractivity contribution in [3.63, 3.8) is 0 Å². The quantitative estimate of drug-likeness (QED) is 0.703. The molecule has 6 nitrogen and oxygen atoms in total. The van der Waals surface area contributed by atoms with Crippen LogP contribution in [0.3, 0.4) is 0 Å². The molecule has 2 aliphatic rings.